The van der Waals surface area contributed by atoms with Crippen LogP contribution in [0.2, 0.25) is 0 Å². The average Bonchev–Trinajstić information content (AvgIpc) is 2.35. The molecule has 0 aliphatic heterocycles. The number of hydrogen-bond donors (Lipinski definition) is 1. The van der Waals surface area contributed by atoms with E-state index in [2.05, 4.69) is 0 Å². The van der Waals surface area contributed by atoms with E-state index in [-0.39, 0.29) is 18.5 Å². The van der Waals surface area contributed by atoms with Crippen molar-refractivity contribution in [1.29, 1.82) is 5.26 Å². The molecule has 1 aromatic carbocycles. The highest BCUT2D eigenvalue weighted by atomic mass is 19.1. The second-order valence-electron chi connectivity index (χ2n) is 3.97. The van der Waals surface area contributed by atoms with Gasteiger partial charge in [0.2, 0.25) is 0 Å². The number of nitriles is 1. The highest BCUT2D eigenvalue weighted by Crippen LogP contribution is 2.23. The summed E-state index contributed by atoms with van der Waals surface area (Å²) in [5, 5.41) is 17.8. The number of halogens is 2. The van der Waals surface area contributed by atoms with Crippen LogP contribution < -0.4 is 0 Å². The first-order chi connectivity index (χ1) is 8.99. The van der Waals surface area contributed by atoms with E-state index >= 15 is 0 Å². The van der Waals surface area contributed by atoms with Crippen LogP contribution in [0.3, 0.4) is 0 Å². The maximum atomic E-state index is 13.6. The molecular formula is C13H14F2N2O2. The molecule has 0 heterocycles. The molecule has 0 bridgehead atoms. The molecule has 1 atom stereocenters. The first-order valence-corrected chi connectivity index (χ1v) is 5.80. The molecule has 6 heteroatoms. The fraction of sp³-hybridized carbons (Fsp3) is 0.385. The van der Waals surface area contributed by atoms with Crippen molar-refractivity contribution in [2.45, 2.75) is 19.4 Å². The van der Waals surface area contributed by atoms with Crippen LogP contribution >= 0.6 is 0 Å². The molecule has 0 fully saturated rings. The normalized spacial score (nSPS) is 12.2. The third kappa shape index (κ3) is 4.00. The molecule has 0 aromatic heterocycles. The summed E-state index contributed by atoms with van der Waals surface area (Å²) in [7, 11) is 0. The van der Waals surface area contributed by atoms with E-state index in [4.69, 9.17) is 10.4 Å². The fourth-order valence-corrected chi connectivity index (χ4v) is 1.78. The Balaban J connectivity index is 2.97. The lowest BCUT2D eigenvalue weighted by Gasteiger charge is -2.25. The predicted molar refractivity (Wildman–Crippen MR) is 64.2 cm³/mol. The molecule has 19 heavy (non-hydrogen) atoms. The maximum Gasteiger partial charge on any atom is 0.304 e. The van der Waals surface area contributed by atoms with E-state index in [1.807, 2.05) is 6.07 Å². The zero-order chi connectivity index (χ0) is 14.4. The summed E-state index contributed by atoms with van der Waals surface area (Å²) in [6.45, 7) is 2.26. The van der Waals surface area contributed by atoms with Gasteiger partial charge < -0.3 is 5.11 Å². The molecule has 0 aliphatic rings. The van der Waals surface area contributed by atoms with Gasteiger partial charge in [0.05, 0.1) is 12.5 Å². The number of carbonyl (C=O) groups is 1. The van der Waals surface area contributed by atoms with E-state index in [1.165, 1.54) is 11.0 Å². The van der Waals surface area contributed by atoms with Crippen LogP contribution in [0, 0.1) is 23.0 Å². The second-order valence-corrected chi connectivity index (χ2v) is 3.97. The van der Waals surface area contributed by atoms with Crippen molar-refractivity contribution in [3.8, 4) is 6.07 Å². The summed E-state index contributed by atoms with van der Waals surface area (Å²) < 4.78 is 26.5. The van der Waals surface area contributed by atoms with E-state index in [0.29, 0.717) is 12.6 Å². The Labute approximate surface area is 109 Å². The van der Waals surface area contributed by atoms with Gasteiger partial charge in [-0.15, -0.1) is 0 Å². The van der Waals surface area contributed by atoms with Crippen LogP contribution in [-0.4, -0.2) is 29.1 Å². The van der Waals surface area contributed by atoms with E-state index < -0.39 is 23.6 Å². The van der Waals surface area contributed by atoms with Crippen LogP contribution in [-0.2, 0) is 4.79 Å². The van der Waals surface area contributed by atoms with Gasteiger partial charge >= 0.3 is 5.97 Å². The Morgan fingerprint density at radius 3 is 2.68 bits per heavy atom. The Morgan fingerprint density at radius 1 is 1.53 bits per heavy atom. The minimum atomic E-state index is -0.991. The molecular weight excluding hydrogens is 254 g/mol. The lowest BCUT2D eigenvalue weighted by Crippen LogP contribution is -2.30. The molecule has 1 unspecified atom stereocenters. The molecule has 0 amide bonds. The third-order valence-electron chi connectivity index (χ3n) is 2.76. The molecule has 0 aliphatic carbocycles. The number of carboxylic acid groups (broad SMARTS) is 1. The molecule has 102 valence electrons. The van der Waals surface area contributed by atoms with E-state index in [0.717, 1.165) is 6.07 Å². The van der Waals surface area contributed by atoms with Crippen molar-refractivity contribution in [2.24, 2.45) is 0 Å². The molecule has 4 nitrogen and oxygen atoms in total. The van der Waals surface area contributed by atoms with Gasteiger partial charge in [-0.2, -0.15) is 5.26 Å². The van der Waals surface area contributed by atoms with Crippen molar-refractivity contribution in [3.63, 3.8) is 0 Å². The van der Waals surface area contributed by atoms with Crippen molar-refractivity contribution >= 4 is 5.97 Å². The summed E-state index contributed by atoms with van der Waals surface area (Å²) in [6.07, 6.45) is -0.144. The van der Waals surface area contributed by atoms with E-state index in [1.54, 1.807) is 6.92 Å². The number of carboxylic acids is 1. The summed E-state index contributed by atoms with van der Waals surface area (Å²) in [6, 6.07) is 4.00. The van der Waals surface area contributed by atoms with Crippen LogP contribution in [0.1, 0.15) is 24.9 Å². The Hall–Kier alpha value is -2.00. The molecule has 1 N–H and O–H groups in total. The van der Waals surface area contributed by atoms with Gasteiger partial charge in [-0.3, -0.25) is 9.69 Å². The van der Waals surface area contributed by atoms with Gasteiger partial charge in [0.15, 0.2) is 0 Å². The number of benzene rings is 1. The highest BCUT2D eigenvalue weighted by molar-refractivity contribution is 5.66. The number of nitrogens with zero attached hydrogens (tertiary/aromatic N) is 2. The number of hydrogen-bond acceptors (Lipinski definition) is 3. The van der Waals surface area contributed by atoms with Crippen LogP contribution in [0.4, 0.5) is 8.78 Å². The van der Waals surface area contributed by atoms with Gasteiger partial charge in [0.1, 0.15) is 17.7 Å². The van der Waals surface area contributed by atoms with Crippen LogP contribution in [0.25, 0.3) is 0 Å². The van der Waals surface area contributed by atoms with Gasteiger partial charge in [0, 0.05) is 18.2 Å². The minimum absolute atomic E-state index is 0.0520. The van der Waals surface area contributed by atoms with E-state index in [9.17, 15) is 13.6 Å². The van der Waals surface area contributed by atoms with Crippen LogP contribution in [0.5, 0.6) is 0 Å². The monoisotopic (exact) mass is 268 g/mol. The summed E-state index contributed by atoms with van der Waals surface area (Å²) >= 11 is 0. The smallest absolute Gasteiger partial charge is 0.304 e. The zero-order valence-electron chi connectivity index (χ0n) is 10.4. The molecule has 0 saturated heterocycles. The zero-order valence-corrected chi connectivity index (χ0v) is 10.4. The third-order valence-corrected chi connectivity index (χ3v) is 2.76. The van der Waals surface area contributed by atoms with Gasteiger partial charge in [-0.25, -0.2) is 8.78 Å². The topological polar surface area (TPSA) is 64.3 Å². The minimum Gasteiger partial charge on any atom is -0.481 e. The summed E-state index contributed by atoms with van der Waals surface area (Å²) in [5.41, 5.74) is 0.0520. The van der Waals surface area contributed by atoms with Crippen LogP contribution in [0.15, 0.2) is 18.2 Å². The first kappa shape index (κ1) is 15.1. The lowest BCUT2D eigenvalue weighted by atomic mass is 10.1. The Bertz CT molecular complexity index is 500. The Kier molecular flexibility index (Phi) is 5.39. The first-order valence-electron chi connectivity index (χ1n) is 5.80. The molecule has 0 spiro atoms. The van der Waals surface area contributed by atoms with Gasteiger partial charge in [-0.05, 0) is 12.6 Å². The van der Waals surface area contributed by atoms with Crippen molar-refractivity contribution in [1.82, 2.24) is 4.90 Å². The summed E-state index contributed by atoms with van der Waals surface area (Å²) in [4.78, 5) is 12.1. The predicted octanol–water partition coefficient (Wildman–Crippen LogP) is 2.33. The van der Waals surface area contributed by atoms with Crippen molar-refractivity contribution in [2.75, 3.05) is 13.1 Å². The standard InChI is InChI=1S/C13H14F2N2O2/c1-2-17(6-5-13(18)19)12(8-16)10-4-3-9(14)7-11(10)15/h3-4,7,12H,2,5-6H2,1H3,(H,18,19). The fourth-order valence-electron chi connectivity index (χ4n) is 1.78. The van der Waals surface area contributed by atoms with Gasteiger partial charge in [-0.1, -0.05) is 13.0 Å². The van der Waals surface area contributed by atoms with Gasteiger partial charge in [0.25, 0.3) is 0 Å². The van der Waals surface area contributed by atoms with Crippen molar-refractivity contribution < 1.29 is 18.7 Å². The van der Waals surface area contributed by atoms with Crippen molar-refractivity contribution in [3.05, 3.63) is 35.4 Å². The molecule has 1 rings (SSSR count). The largest absolute Gasteiger partial charge is 0.481 e. The lowest BCUT2D eigenvalue weighted by molar-refractivity contribution is -0.137. The number of rotatable bonds is 6. The second kappa shape index (κ2) is 6.81. The molecule has 0 saturated carbocycles. The molecule has 0 radical (unpaired) electrons. The maximum absolute atomic E-state index is 13.6. The quantitative estimate of drug-likeness (QED) is 0.860. The molecule has 1 aromatic rings. The SMILES string of the molecule is CCN(CCC(=O)O)C(C#N)c1ccc(F)cc1F. The Morgan fingerprint density at radius 2 is 2.21 bits per heavy atom. The summed E-state index contributed by atoms with van der Waals surface area (Å²) in [5.74, 6) is -2.51. The average molecular weight is 268 g/mol. The number of aliphatic carboxylic acids is 1. The highest BCUT2D eigenvalue weighted by Gasteiger charge is 2.22.